The maximum atomic E-state index is 12.5. The Morgan fingerprint density at radius 3 is 2.68 bits per heavy atom. The van der Waals surface area contributed by atoms with E-state index < -0.39 is 0 Å². The third kappa shape index (κ3) is 3.32. The molecule has 2 amide bonds. The minimum atomic E-state index is -0.0672. The Labute approximate surface area is 134 Å². The van der Waals surface area contributed by atoms with Crippen LogP contribution in [0.5, 0.6) is 0 Å². The van der Waals surface area contributed by atoms with Gasteiger partial charge in [0.2, 0.25) is 11.8 Å². The molecule has 2 aliphatic rings. The summed E-state index contributed by atoms with van der Waals surface area (Å²) in [7, 11) is 0. The van der Waals surface area contributed by atoms with E-state index in [1.807, 2.05) is 12.1 Å². The van der Waals surface area contributed by atoms with E-state index >= 15 is 0 Å². The lowest BCUT2D eigenvalue weighted by molar-refractivity contribution is -0.141. The largest absolute Gasteiger partial charge is 0.357 e. The summed E-state index contributed by atoms with van der Waals surface area (Å²) in [4.78, 5) is 32.0. The van der Waals surface area contributed by atoms with Gasteiger partial charge in [0.15, 0.2) is 0 Å². The molecule has 2 saturated heterocycles. The number of aromatic nitrogens is 1. The van der Waals surface area contributed by atoms with Crippen LogP contribution in [-0.2, 0) is 9.59 Å². The summed E-state index contributed by atoms with van der Waals surface area (Å²) in [5, 5.41) is 3.37. The standard InChI is InChI=1S/C15H19ClN4O2/c16-12-1-2-13(18-9-12)19-6-3-11(4-7-19)15(22)20-8-5-17-14(21)10-20/h1-2,9,11H,3-8,10H2,(H,17,21). The van der Waals surface area contributed by atoms with Gasteiger partial charge in [0.05, 0.1) is 11.6 Å². The fraction of sp³-hybridized carbons (Fsp3) is 0.533. The number of nitrogens with zero attached hydrogens (tertiary/aromatic N) is 3. The van der Waals surface area contributed by atoms with E-state index in [4.69, 9.17) is 11.6 Å². The van der Waals surface area contributed by atoms with Crippen molar-refractivity contribution in [3.8, 4) is 0 Å². The lowest BCUT2D eigenvalue weighted by Crippen LogP contribution is -2.52. The van der Waals surface area contributed by atoms with Crippen LogP contribution in [0.2, 0.25) is 5.02 Å². The summed E-state index contributed by atoms with van der Waals surface area (Å²) in [5.74, 6) is 0.947. The van der Waals surface area contributed by atoms with Gasteiger partial charge in [0, 0.05) is 38.3 Å². The summed E-state index contributed by atoms with van der Waals surface area (Å²) < 4.78 is 0. The Kier molecular flexibility index (Phi) is 4.47. The van der Waals surface area contributed by atoms with Crippen LogP contribution in [-0.4, -0.2) is 54.4 Å². The van der Waals surface area contributed by atoms with Crippen LogP contribution in [0.1, 0.15) is 12.8 Å². The highest BCUT2D eigenvalue weighted by atomic mass is 35.5. The molecule has 7 heteroatoms. The molecule has 6 nitrogen and oxygen atoms in total. The molecule has 0 saturated carbocycles. The minimum absolute atomic E-state index is 0.00875. The number of carbonyl (C=O) groups excluding carboxylic acids is 2. The monoisotopic (exact) mass is 322 g/mol. The number of anilines is 1. The van der Waals surface area contributed by atoms with E-state index in [2.05, 4.69) is 15.2 Å². The molecule has 2 aliphatic heterocycles. The third-order valence-electron chi connectivity index (χ3n) is 4.23. The molecule has 2 fully saturated rings. The second-order valence-electron chi connectivity index (χ2n) is 5.71. The van der Waals surface area contributed by atoms with Crippen molar-refractivity contribution in [2.45, 2.75) is 12.8 Å². The van der Waals surface area contributed by atoms with E-state index in [1.165, 1.54) is 0 Å². The van der Waals surface area contributed by atoms with Crippen molar-refractivity contribution in [3.05, 3.63) is 23.4 Å². The second-order valence-corrected chi connectivity index (χ2v) is 6.14. The van der Waals surface area contributed by atoms with Crippen LogP contribution in [0.15, 0.2) is 18.3 Å². The Hall–Kier alpha value is -1.82. The van der Waals surface area contributed by atoms with Gasteiger partial charge in [0.25, 0.3) is 0 Å². The van der Waals surface area contributed by atoms with Crippen LogP contribution in [0, 0.1) is 5.92 Å². The van der Waals surface area contributed by atoms with E-state index in [-0.39, 0.29) is 24.3 Å². The Bertz CT molecular complexity index is 555. The normalized spacial score (nSPS) is 20.0. The number of rotatable bonds is 2. The molecular formula is C15H19ClN4O2. The highest BCUT2D eigenvalue weighted by molar-refractivity contribution is 6.30. The molecule has 22 heavy (non-hydrogen) atoms. The van der Waals surface area contributed by atoms with Crippen LogP contribution < -0.4 is 10.2 Å². The number of amides is 2. The highest BCUT2D eigenvalue weighted by Crippen LogP contribution is 2.24. The molecule has 0 bridgehead atoms. The van der Waals surface area contributed by atoms with Crippen LogP contribution in [0.4, 0.5) is 5.82 Å². The maximum Gasteiger partial charge on any atom is 0.239 e. The summed E-state index contributed by atoms with van der Waals surface area (Å²) in [5.41, 5.74) is 0. The zero-order chi connectivity index (χ0) is 15.5. The summed E-state index contributed by atoms with van der Waals surface area (Å²) >= 11 is 5.85. The number of carbonyl (C=O) groups is 2. The molecule has 0 unspecified atom stereocenters. The number of halogens is 1. The lowest BCUT2D eigenvalue weighted by Gasteiger charge is -2.35. The molecule has 0 aliphatic carbocycles. The quantitative estimate of drug-likeness (QED) is 0.879. The number of piperazine rings is 1. The van der Waals surface area contributed by atoms with Crippen molar-refractivity contribution in [3.63, 3.8) is 0 Å². The van der Waals surface area contributed by atoms with Crippen molar-refractivity contribution in [1.29, 1.82) is 0 Å². The van der Waals surface area contributed by atoms with E-state index in [0.717, 1.165) is 31.7 Å². The number of piperidine rings is 1. The fourth-order valence-corrected chi connectivity index (χ4v) is 3.11. The Morgan fingerprint density at radius 2 is 2.05 bits per heavy atom. The van der Waals surface area contributed by atoms with Crippen molar-refractivity contribution in [2.24, 2.45) is 5.92 Å². The van der Waals surface area contributed by atoms with Crippen molar-refractivity contribution in [1.82, 2.24) is 15.2 Å². The van der Waals surface area contributed by atoms with Crippen LogP contribution in [0.25, 0.3) is 0 Å². The second kappa shape index (κ2) is 6.52. The molecule has 1 N–H and O–H groups in total. The SMILES string of the molecule is O=C1CN(C(=O)C2CCN(c3ccc(Cl)cn3)CC2)CCN1. The molecule has 0 aromatic carbocycles. The predicted octanol–water partition coefficient (Wildman–Crippen LogP) is 0.910. The summed E-state index contributed by atoms with van der Waals surface area (Å²) in [6.45, 7) is 2.95. The van der Waals surface area contributed by atoms with Crippen LogP contribution in [0.3, 0.4) is 0 Å². The molecule has 118 valence electrons. The summed E-state index contributed by atoms with van der Waals surface area (Å²) in [6, 6.07) is 3.73. The van der Waals surface area contributed by atoms with E-state index in [1.54, 1.807) is 11.1 Å². The average Bonchev–Trinajstić information content (AvgIpc) is 2.55. The van der Waals surface area contributed by atoms with E-state index in [0.29, 0.717) is 18.1 Å². The van der Waals surface area contributed by atoms with Gasteiger partial charge < -0.3 is 15.1 Å². The first-order valence-electron chi connectivity index (χ1n) is 7.55. The van der Waals surface area contributed by atoms with Gasteiger partial charge in [-0.15, -0.1) is 0 Å². The number of pyridine rings is 1. The fourth-order valence-electron chi connectivity index (χ4n) is 3.00. The molecule has 3 heterocycles. The first-order valence-corrected chi connectivity index (χ1v) is 7.93. The first kappa shape index (κ1) is 15.1. The lowest BCUT2D eigenvalue weighted by atomic mass is 9.95. The molecule has 0 radical (unpaired) electrons. The molecule has 0 atom stereocenters. The summed E-state index contributed by atoms with van der Waals surface area (Å²) in [6.07, 6.45) is 3.23. The van der Waals surface area contributed by atoms with Gasteiger partial charge >= 0.3 is 0 Å². The number of nitrogens with one attached hydrogen (secondary N) is 1. The Balaban J connectivity index is 1.56. The predicted molar refractivity (Wildman–Crippen MR) is 83.8 cm³/mol. The molecule has 1 aromatic heterocycles. The van der Waals surface area contributed by atoms with Gasteiger partial charge in [-0.2, -0.15) is 0 Å². The van der Waals surface area contributed by atoms with Gasteiger partial charge in [-0.25, -0.2) is 4.98 Å². The zero-order valence-corrected chi connectivity index (χ0v) is 13.1. The van der Waals surface area contributed by atoms with Crippen molar-refractivity contribution >= 4 is 29.2 Å². The molecule has 0 spiro atoms. The average molecular weight is 323 g/mol. The smallest absolute Gasteiger partial charge is 0.239 e. The van der Waals surface area contributed by atoms with Gasteiger partial charge in [-0.1, -0.05) is 11.6 Å². The van der Waals surface area contributed by atoms with Gasteiger partial charge in [-0.05, 0) is 25.0 Å². The Morgan fingerprint density at radius 1 is 1.27 bits per heavy atom. The van der Waals surface area contributed by atoms with Gasteiger partial charge in [-0.3, -0.25) is 9.59 Å². The number of hydrogen-bond donors (Lipinski definition) is 1. The maximum absolute atomic E-state index is 12.5. The molecule has 1 aromatic rings. The van der Waals surface area contributed by atoms with Crippen LogP contribution >= 0.6 is 11.6 Å². The third-order valence-corrected chi connectivity index (χ3v) is 4.45. The van der Waals surface area contributed by atoms with Gasteiger partial charge in [0.1, 0.15) is 5.82 Å². The minimum Gasteiger partial charge on any atom is -0.357 e. The van der Waals surface area contributed by atoms with Crippen molar-refractivity contribution in [2.75, 3.05) is 37.6 Å². The zero-order valence-electron chi connectivity index (χ0n) is 12.3. The number of hydrogen-bond acceptors (Lipinski definition) is 4. The van der Waals surface area contributed by atoms with E-state index in [9.17, 15) is 9.59 Å². The molecule has 3 rings (SSSR count). The topological polar surface area (TPSA) is 65.5 Å². The van der Waals surface area contributed by atoms with Crippen molar-refractivity contribution < 1.29 is 9.59 Å². The highest BCUT2D eigenvalue weighted by Gasteiger charge is 2.31. The molecular weight excluding hydrogens is 304 g/mol. The first-order chi connectivity index (χ1) is 10.6.